The topological polar surface area (TPSA) is 50.6 Å². The molecule has 28 heavy (non-hydrogen) atoms. The van der Waals surface area contributed by atoms with Crippen LogP contribution in [-0.2, 0) is 0 Å². The van der Waals surface area contributed by atoms with Gasteiger partial charge in [0.1, 0.15) is 5.75 Å². The largest absolute Gasteiger partial charge is 0.497 e. The highest BCUT2D eigenvalue weighted by Gasteiger charge is 2.26. The van der Waals surface area contributed by atoms with Crippen LogP contribution in [0.1, 0.15) is 21.7 Å². The Labute approximate surface area is 169 Å². The van der Waals surface area contributed by atoms with Gasteiger partial charge < -0.3 is 19.1 Å². The van der Waals surface area contributed by atoms with Crippen LogP contribution in [0.25, 0.3) is 5.69 Å². The Hall–Kier alpha value is -2.80. The minimum atomic E-state index is 0.103. The van der Waals surface area contributed by atoms with Crippen molar-refractivity contribution >= 4 is 22.4 Å². The van der Waals surface area contributed by atoms with Crippen molar-refractivity contribution in [2.45, 2.75) is 13.8 Å². The first-order valence-electron chi connectivity index (χ1n) is 9.35. The quantitative estimate of drug-likeness (QED) is 0.677. The third-order valence-electron chi connectivity index (χ3n) is 5.25. The number of amides is 1. The molecule has 0 spiro atoms. The van der Waals surface area contributed by atoms with Gasteiger partial charge in [0, 0.05) is 54.8 Å². The molecule has 3 aromatic rings. The molecule has 0 saturated carbocycles. The molecule has 0 bridgehead atoms. The number of piperazine rings is 1. The van der Waals surface area contributed by atoms with Crippen LogP contribution in [0.3, 0.4) is 0 Å². The number of ether oxygens (including phenoxy) is 1. The average Bonchev–Trinajstić information content (AvgIpc) is 3.36. The molecule has 4 rings (SSSR count). The van der Waals surface area contributed by atoms with Crippen LogP contribution in [-0.4, -0.2) is 53.6 Å². The number of benzene rings is 1. The van der Waals surface area contributed by atoms with Crippen molar-refractivity contribution in [1.82, 2.24) is 14.5 Å². The van der Waals surface area contributed by atoms with Gasteiger partial charge in [-0.2, -0.15) is 0 Å². The first-order valence-corrected chi connectivity index (χ1v) is 10.2. The molecule has 1 aliphatic heterocycles. The molecule has 6 nitrogen and oxygen atoms in total. The molecule has 3 heterocycles. The number of carbonyl (C=O) groups excluding carboxylic acids is 1. The zero-order valence-electron chi connectivity index (χ0n) is 16.4. The molecule has 2 aromatic heterocycles. The monoisotopic (exact) mass is 396 g/mol. The van der Waals surface area contributed by atoms with Gasteiger partial charge in [0.2, 0.25) is 0 Å². The molecule has 1 aromatic carbocycles. The predicted molar refractivity (Wildman–Crippen MR) is 112 cm³/mol. The lowest BCUT2D eigenvalue weighted by Crippen LogP contribution is -2.48. The summed E-state index contributed by atoms with van der Waals surface area (Å²) in [5.74, 6) is 0.923. The number of aryl methyl sites for hydroxylation is 1. The molecule has 1 fully saturated rings. The molecule has 1 saturated heterocycles. The van der Waals surface area contributed by atoms with Crippen molar-refractivity contribution < 1.29 is 9.53 Å². The Morgan fingerprint density at radius 1 is 1.11 bits per heavy atom. The highest BCUT2D eigenvalue weighted by molar-refractivity contribution is 7.13. The van der Waals surface area contributed by atoms with E-state index in [1.807, 2.05) is 60.7 Å². The van der Waals surface area contributed by atoms with E-state index in [-0.39, 0.29) is 5.91 Å². The Morgan fingerprint density at radius 2 is 1.82 bits per heavy atom. The van der Waals surface area contributed by atoms with E-state index in [1.54, 1.807) is 18.4 Å². The van der Waals surface area contributed by atoms with Crippen molar-refractivity contribution in [3.63, 3.8) is 0 Å². The lowest BCUT2D eigenvalue weighted by atomic mass is 10.2. The summed E-state index contributed by atoms with van der Waals surface area (Å²) in [6, 6.07) is 9.90. The number of methoxy groups -OCH3 is 1. The van der Waals surface area contributed by atoms with Crippen LogP contribution >= 0.6 is 11.3 Å². The van der Waals surface area contributed by atoms with Gasteiger partial charge in [-0.3, -0.25) is 4.79 Å². The molecule has 0 aliphatic carbocycles. The summed E-state index contributed by atoms with van der Waals surface area (Å²) >= 11 is 1.64. The SMILES string of the molecule is COc1ccc(-n2c(C)cc(C(=O)N3CCN(c4nccs4)CC3)c2C)cc1. The predicted octanol–water partition coefficient (Wildman–Crippen LogP) is 3.52. The van der Waals surface area contributed by atoms with E-state index in [1.165, 1.54) is 0 Å². The molecule has 7 heteroatoms. The van der Waals surface area contributed by atoms with Crippen LogP contribution in [0.5, 0.6) is 5.75 Å². The van der Waals surface area contributed by atoms with Crippen LogP contribution in [0.2, 0.25) is 0 Å². The van der Waals surface area contributed by atoms with Gasteiger partial charge in [-0.05, 0) is 44.2 Å². The summed E-state index contributed by atoms with van der Waals surface area (Å²) in [4.78, 5) is 21.7. The summed E-state index contributed by atoms with van der Waals surface area (Å²) in [6.07, 6.45) is 1.82. The summed E-state index contributed by atoms with van der Waals surface area (Å²) in [6.45, 7) is 7.10. The lowest BCUT2D eigenvalue weighted by molar-refractivity contribution is 0.0746. The van der Waals surface area contributed by atoms with Crippen LogP contribution in [0, 0.1) is 13.8 Å². The van der Waals surface area contributed by atoms with Crippen molar-refractivity contribution in [2.75, 3.05) is 38.2 Å². The maximum Gasteiger partial charge on any atom is 0.255 e. The molecule has 146 valence electrons. The van der Waals surface area contributed by atoms with E-state index >= 15 is 0 Å². The average molecular weight is 397 g/mol. The molecular formula is C21H24N4O2S. The zero-order valence-corrected chi connectivity index (χ0v) is 17.2. The van der Waals surface area contributed by atoms with Gasteiger partial charge >= 0.3 is 0 Å². The maximum atomic E-state index is 13.2. The van der Waals surface area contributed by atoms with Crippen LogP contribution in [0.4, 0.5) is 5.13 Å². The summed E-state index contributed by atoms with van der Waals surface area (Å²) in [7, 11) is 1.66. The van der Waals surface area contributed by atoms with Crippen molar-refractivity contribution in [2.24, 2.45) is 0 Å². The number of aromatic nitrogens is 2. The summed E-state index contributed by atoms with van der Waals surface area (Å²) < 4.78 is 7.37. The Morgan fingerprint density at radius 3 is 2.43 bits per heavy atom. The van der Waals surface area contributed by atoms with Gasteiger partial charge in [0.05, 0.1) is 12.7 Å². The van der Waals surface area contributed by atoms with Crippen LogP contribution < -0.4 is 9.64 Å². The van der Waals surface area contributed by atoms with E-state index in [0.717, 1.165) is 46.6 Å². The van der Waals surface area contributed by atoms with E-state index in [0.29, 0.717) is 13.1 Å². The number of hydrogen-bond donors (Lipinski definition) is 0. The first kappa shape index (κ1) is 18.6. The first-order chi connectivity index (χ1) is 13.6. The number of rotatable bonds is 4. The van der Waals surface area contributed by atoms with Crippen molar-refractivity contribution in [1.29, 1.82) is 0 Å². The highest BCUT2D eigenvalue weighted by atomic mass is 32.1. The summed E-state index contributed by atoms with van der Waals surface area (Å²) in [5, 5.41) is 3.02. The smallest absolute Gasteiger partial charge is 0.255 e. The maximum absolute atomic E-state index is 13.2. The number of carbonyl (C=O) groups is 1. The van der Waals surface area contributed by atoms with Gasteiger partial charge in [0.15, 0.2) is 5.13 Å². The standard InChI is InChI=1S/C21H24N4O2S/c1-15-14-19(16(2)25(15)17-4-6-18(27-3)7-5-17)20(26)23-9-11-24(12-10-23)21-22-8-13-28-21/h4-8,13-14H,9-12H2,1-3H3. The fraction of sp³-hybridized carbons (Fsp3) is 0.333. The second-order valence-electron chi connectivity index (χ2n) is 6.91. The number of anilines is 1. The summed E-state index contributed by atoms with van der Waals surface area (Å²) in [5.41, 5.74) is 3.82. The normalized spacial score (nSPS) is 14.4. The van der Waals surface area contributed by atoms with Gasteiger partial charge in [-0.15, -0.1) is 11.3 Å². The van der Waals surface area contributed by atoms with E-state index in [9.17, 15) is 4.79 Å². The third kappa shape index (κ3) is 3.38. The van der Waals surface area contributed by atoms with Gasteiger partial charge in [0.25, 0.3) is 5.91 Å². The number of hydrogen-bond acceptors (Lipinski definition) is 5. The molecule has 0 unspecified atom stereocenters. The zero-order chi connectivity index (χ0) is 19.7. The third-order valence-corrected chi connectivity index (χ3v) is 6.08. The number of nitrogens with zero attached hydrogens (tertiary/aromatic N) is 4. The fourth-order valence-electron chi connectivity index (χ4n) is 3.75. The molecular weight excluding hydrogens is 372 g/mol. The van der Waals surface area contributed by atoms with Crippen LogP contribution in [0.15, 0.2) is 41.9 Å². The van der Waals surface area contributed by atoms with E-state index in [4.69, 9.17) is 4.74 Å². The Balaban J connectivity index is 1.52. The van der Waals surface area contributed by atoms with E-state index < -0.39 is 0 Å². The van der Waals surface area contributed by atoms with Crippen molar-refractivity contribution in [3.05, 3.63) is 58.9 Å². The minimum absolute atomic E-state index is 0.103. The molecule has 1 aliphatic rings. The fourth-order valence-corrected chi connectivity index (χ4v) is 4.45. The number of thiazole rings is 1. The second kappa shape index (κ2) is 7.67. The second-order valence-corrected chi connectivity index (χ2v) is 7.79. The molecule has 1 amide bonds. The van der Waals surface area contributed by atoms with E-state index in [2.05, 4.69) is 14.5 Å². The Kier molecular flexibility index (Phi) is 5.09. The highest BCUT2D eigenvalue weighted by Crippen LogP contribution is 2.25. The van der Waals surface area contributed by atoms with Gasteiger partial charge in [-0.1, -0.05) is 0 Å². The minimum Gasteiger partial charge on any atom is -0.497 e. The molecule has 0 radical (unpaired) electrons. The lowest BCUT2D eigenvalue weighted by Gasteiger charge is -2.34. The van der Waals surface area contributed by atoms with Gasteiger partial charge in [-0.25, -0.2) is 4.98 Å². The Bertz CT molecular complexity index is 955. The molecule has 0 atom stereocenters. The van der Waals surface area contributed by atoms with Crippen molar-refractivity contribution in [3.8, 4) is 11.4 Å². The molecule has 0 N–H and O–H groups in total.